The summed E-state index contributed by atoms with van der Waals surface area (Å²) in [6.07, 6.45) is 8.01. The molecular formula is C13H26N2O2. The molecule has 4 nitrogen and oxygen atoms in total. The third-order valence-electron chi connectivity index (χ3n) is 3.04. The first-order valence-electron chi connectivity index (χ1n) is 6.95. The van der Waals surface area contributed by atoms with Crippen LogP contribution in [0.5, 0.6) is 0 Å². The van der Waals surface area contributed by atoms with Crippen LogP contribution >= 0.6 is 0 Å². The van der Waals surface area contributed by atoms with E-state index in [0.717, 1.165) is 38.9 Å². The van der Waals surface area contributed by atoms with Gasteiger partial charge in [-0.05, 0) is 25.7 Å². The van der Waals surface area contributed by atoms with Gasteiger partial charge in [-0.15, -0.1) is 0 Å². The Morgan fingerprint density at radius 1 is 1.24 bits per heavy atom. The molecule has 1 fully saturated rings. The Kier molecular flexibility index (Phi) is 7.80. The van der Waals surface area contributed by atoms with Gasteiger partial charge < -0.3 is 15.4 Å². The molecule has 0 aliphatic heterocycles. The van der Waals surface area contributed by atoms with Gasteiger partial charge in [0.2, 0.25) is 0 Å². The van der Waals surface area contributed by atoms with Gasteiger partial charge in [0, 0.05) is 25.8 Å². The van der Waals surface area contributed by atoms with E-state index in [4.69, 9.17) is 4.74 Å². The average molecular weight is 242 g/mol. The van der Waals surface area contributed by atoms with Crippen LogP contribution in [-0.4, -0.2) is 31.8 Å². The van der Waals surface area contributed by atoms with Crippen molar-refractivity contribution in [2.24, 2.45) is 0 Å². The lowest BCUT2D eigenvalue weighted by atomic mass is 9.96. The Labute approximate surface area is 104 Å². The zero-order valence-corrected chi connectivity index (χ0v) is 11.0. The van der Waals surface area contributed by atoms with E-state index in [0.29, 0.717) is 12.6 Å². The number of amides is 2. The number of nitrogens with one attached hydrogen (secondary N) is 2. The Balaban J connectivity index is 1.93. The van der Waals surface area contributed by atoms with Crippen molar-refractivity contribution in [3.63, 3.8) is 0 Å². The van der Waals surface area contributed by atoms with E-state index >= 15 is 0 Å². The molecule has 1 rings (SSSR count). The van der Waals surface area contributed by atoms with E-state index in [2.05, 4.69) is 17.6 Å². The molecule has 0 atom stereocenters. The molecule has 0 spiro atoms. The van der Waals surface area contributed by atoms with Gasteiger partial charge >= 0.3 is 6.03 Å². The fourth-order valence-electron chi connectivity index (χ4n) is 2.11. The van der Waals surface area contributed by atoms with E-state index in [-0.39, 0.29) is 6.03 Å². The Hall–Kier alpha value is -0.770. The predicted molar refractivity (Wildman–Crippen MR) is 69.1 cm³/mol. The molecule has 2 amide bonds. The van der Waals surface area contributed by atoms with E-state index in [1.165, 1.54) is 19.3 Å². The minimum Gasteiger partial charge on any atom is -0.381 e. The van der Waals surface area contributed by atoms with Crippen LogP contribution < -0.4 is 10.6 Å². The van der Waals surface area contributed by atoms with Gasteiger partial charge in [-0.1, -0.05) is 26.2 Å². The first-order chi connectivity index (χ1) is 8.33. The van der Waals surface area contributed by atoms with Crippen LogP contribution in [0.4, 0.5) is 4.79 Å². The number of hydrogen-bond donors (Lipinski definition) is 2. The van der Waals surface area contributed by atoms with Crippen molar-refractivity contribution in [1.29, 1.82) is 0 Å². The standard InChI is InChI=1S/C13H26N2O2/c1-2-10-17-11-6-9-14-13(16)15-12-7-4-3-5-8-12/h12H,2-11H2,1H3,(H2,14,15,16). The van der Waals surface area contributed by atoms with Crippen LogP contribution in [0.1, 0.15) is 51.9 Å². The third-order valence-corrected chi connectivity index (χ3v) is 3.04. The van der Waals surface area contributed by atoms with E-state index < -0.39 is 0 Å². The predicted octanol–water partition coefficient (Wildman–Crippen LogP) is 2.44. The molecule has 0 radical (unpaired) electrons. The molecule has 0 aromatic heterocycles. The number of ether oxygens (including phenoxy) is 1. The lowest BCUT2D eigenvalue weighted by molar-refractivity contribution is 0.132. The summed E-state index contributed by atoms with van der Waals surface area (Å²) in [7, 11) is 0. The minimum absolute atomic E-state index is 0.0209. The molecular weight excluding hydrogens is 216 g/mol. The molecule has 0 bridgehead atoms. The second-order valence-corrected chi connectivity index (χ2v) is 4.70. The molecule has 0 aromatic rings. The van der Waals surface area contributed by atoms with Crippen LogP contribution in [0.2, 0.25) is 0 Å². The lowest BCUT2D eigenvalue weighted by Crippen LogP contribution is -2.43. The van der Waals surface area contributed by atoms with E-state index in [1.54, 1.807) is 0 Å². The molecule has 2 N–H and O–H groups in total. The number of carbonyl (C=O) groups excluding carboxylic acids is 1. The maximum absolute atomic E-state index is 11.5. The highest BCUT2D eigenvalue weighted by Crippen LogP contribution is 2.16. The molecule has 0 saturated heterocycles. The highest BCUT2D eigenvalue weighted by Gasteiger charge is 2.14. The molecule has 1 saturated carbocycles. The molecule has 1 aliphatic carbocycles. The van der Waals surface area contributed by atoms with Crippen molar-refractivity contribution in [2.45, 2.75) is 57.9 Å². The minimum atomic E-state index is -0.0209. The van der Waals surface area contributed by atoms with Crippen molar-refractivity contribution in [3.05, 3.63) is 0 Å². The summed E-state index contributed by atoms with van der Waals surface area (Å²) in [5.74, 6) is 0. The Bertz CT molecular complexity index is 204. The summed E-state index contributed by atoms with van der Waals surface area (Å²) in [5.41, 5.74) is 0. The van der Waals surface area contributed by atoms with E-state index in [1.807, 2.05) is 0 Å². The van der Waals surface area contributed by atoms with Crippen LogP contribution in [0.25, 0.3) is 0 Å². The zero-order valence-electron chi connectivity index (χ0n) is 11.0. The highest BCUT2D eigenvalue weighted by atomic mass is 16.5. The smallest absolute Gasteiger partial charge is 0.315 e. The molecule has 0 unspecified atom stereocenters. The number of carbonyl (C=O) groups is 1. The van der Waals surface area contributed by atoms with Crippen molar-refractivity contribution >= 4 is 6.03 Å². The maximum Gasteiger partial charge on any atom is 0.315 e. The summed E-state index contributed by atoms with van der Waals surface area (Å²) in [6, 6.07) is 0.368. The average Bonchev–Trinajstić information content (AvgIpc) is 2.35. The van der Waals surface area contributed by atoms with Gasteiger partial charge in [0.05, 0.1) is 0 Å². The SMILES string of the molecule is CCCOCCCNC(=O)NC1CCCCC1. The second-order valence-electron chi connectivity index (χ2n) is 4.70. The van der Waals surface area contributed by atoms with Crippen LogP contribution in [-0.2, 0) is 4.74 Å². The largest absolute Gasteiger partial charge is 0.381 e. The second kappa shape index (κ2) is 9.28. The van der Waals surface area contributed by atoms with Crippen LogP contribution in [0.3, 0.4) is 0 Å². The number of hydrogen-bond acceptors (Lipinski definition) is 2. The van der Waals surface area contributed by atoms with E-state index in [9.17, 15) is 4.79 Å². The van der Waals surface area contributed by atoms with Gasteiger partial charge in [-0.2, -0.15) is 0 Å². The van der Waals surface area contributed by atoms with Crippen molar-refractivity contribution in [2.75, 3.05) is 19.8 Å². The summed E-state index contributed by atoms with van der Waals surface area (Å²) >= 11 is 0. The number of urea groups is 1. The normalized spacial score (nSPS) is 16.8. The van der Waals surface area contributed by atoms with Gasteiger partial charge in [0.15, 0.2) is 0 Å². The van der Waals surface area contributed by atoms with Gasteiger partial charge in [-0.3, -0.25) is 0 Å². The molecule has 17 heavy (non-hydrogen) atoms. The van der Waals surface area contributed by atoms with Crippen LogP contribution in [0.15, 0.2) is 0 Å². The summed E-state index contributed by atoms with van der Waals surface area (Å²) in [4.78, 5) is 11.5. The Morgan fingerprint density at radius 2 is 2.00 bits per heavy atom. The topological polar surface area (TPSA) is 50.4 Å². The first kappa shape index (κ1) is 14.3. The van der Waals surface area contributed by atoms with Gasteiger partial charge in [0.1, 0.15) is 0 Å². The number of rotatable bonds is 7. The fraction of sp³-hybridized carbons (Fsp3) is 0.923. The summed E-state index contributed by atoms with van der Waals surface area (Å²) < 4.78 is 5.34. The van der Waals surface area contributed by atoms with Crippen molar-refractivity contribution in [1.82, 2.24) is 10.6 Å². The molecule has 100 valence electrons. The lowest BCUT2D eigenvalue weighted by Gasteiger charge is -2.22. The summed E-state index contributed by atoms with van der Waals surface area (Å²) in [5, 5.41) is 5.91. The molecule has 4 heteroatoms. The highest BCUT2D eigenvalue weighted by molar-refractivity contribution is 5.74. The molecule has 0 heterocycles. The molecule has 1 aliphatic rings. The quantitative estimate of drug-likeness (QED) is 0.674. The first-order valence-corrected chi connectivity index (χ1v) is 6.95. The van der Waals surface area contributed by atoms with Gasteiger partial charge in [-0.25, -0.2) is 4.79 Å². The van der Waals surface area contributed by atoms with Crippen molar-refractivity contribution in [3.8, 4) is 0 Å². The zero-order chi connectivity index (χ0) is 12.3. The van der Waals surface area contributed by atoms with Crippen molar-refractivity contribution < 1.29 is 9.53 Å². The Morgan fingerprint density at radius 3 is 2.71 bits per heavy atom. The summed E-state index contributed by atoms with van der Waals surface area (Å²) in [6.45, 7) is 4.34. The maximum atomic E-state index is 11.5. The third kappa shape index (κ3) is 7.21. The van der Waals surface area contributed by atoms with Crippen LogP contribution in [0, 0.1) is 0 Å². The van der Waals surface area contributed by atoms with Gasteiger partial charge in [0.25, 0.3) is 0 Å². The fourth-order valence-corrected chi connectivity index (χ4v) is 2.11. The monoisotopic (exact) mass is 242 g/mol. The molecule has 0 aromatic carbocycles.